The fourth-order valence-electron chi connectivity index (χ4n) is 2.23. The van der Waals surface area contributed by atoms with Crippen LogP contribution in [0, 0.1) is 0 Å². The van der Waals surface area contributed by atoms with Crippen molar-refractivity contribution in [3.63, 3.8) is 0 Å². The number of carboxylic acids is 1. The van der Waals surface area contributed by atoms with Crippen molar-refractivity contribution < 1.29 is 19.5 Å². The number of Topliss-reactive ketones (excluding diaryl/α,β-unsaturated/α-hetero) is 1. The molecule has 0 aromatic rings. The molecule has 4 heteroatoms. The van der Waals surface area contributed by atoms with E-state index in [4.69, 9.17) is 5.11 Å². The van der Waals surface area contributed by atoms with E-state index in [9.17, 15) is 14.4 Å². The molecule has 1 N–H and O–H groups in total. The van der Waals surface area contributed by atoms with E-state index in [-0.39, 0.29) is 5.78 Å². The summed E-state index contributed by atoms with van der Waals surface area (Å²) < 4.78 is 0. The summed E-state index contributed by atoms with van der Waals surface area (Å²) in [5, 5.41) is 8.48. The van der Waals surface area contributed by atoms with Crippen LogP contribution in [0.25, 0.3) is 0 Å². The van der Waals surface area contributed by atoms with Gasteiger partial charge in [0.25, 0.3) is 0 Å². The number of rotatable bonds is 15. The largest absolute Gasteiger partial charge is 0.481 e. The zero-order chi connectivity index (χ0) is 15.1. The summed E-state index contributed by atoms with van der Waals surface area (Å²) in [6.07, 6.45) is 13.2. The van der Waals surface area contributed by atoms with E-state index in [2.05, 4.69) is 0 Å². The van der Waals surface area contributed by atoms with Crippen LogP contribution in [0.15, 0.2) is 0 Å². The van der Waals surface area contributed by atoms with Gasteiger partial charge in [0.15, 0.2) is 12.1 Å². The Hall–Kier alpha value is -1.19. The van der Waals surface area contributed by atoms with Crippen LogP contribution in [-0.4, -0.2) is 23.1 Å². The van der Waals surface area contributed by atoms with Gasteiger partial charge in [0.1, 0.15) is 0 Å². The summed E-state index contributed by atoms with van der Waals surface area (Å²) in [4.78, 5) is 31.1. The van der Waals surface area contributed by atoms with E-state index in [1.165, 1.54) is 32.1 Å². The number of unbranched alkanes of at least 4 members (excludes halogenated alkanes) is 10. The lowest BCUT2D eigenvalue weighted by molar-refractivity contribution is -0.137. The Morgan fingerprint density at radius 2 is 1.00 bits per heavy atom. The lowest BCUT2D eigenvalue weighted by Crippen LogP contribution is -1.97. The van der Waals surface area contributed by atoms with Crippen LogP contribution in [0.1, 0.15) is 83.5 Å². The third-order valence-electron chi connectivity index (χ3n) is 3.45. The molecule has 0 aromatic carbocycles. The van der Waals surface area contributed by atoms with Crippen LogP contribution < -0.4 is 0 Å². The van der Waals surface area contributed by atoms with Gasteiger partial charge in [0.2, 0.25) is 0 Å². The van der Waals surface area contributed by atoms with Crippen LogP contribution in [0.3, 0.4) is 0 Å². The predicted molar refractivity (Wildman–Crippen MR) is 78.7 cm³/mol. The van der Waals surface area contributed by atoms with Gasteiger partial charge in [-0.3, -0.25) is 14.4 Å². The maximum absolute atomic E-state index is 10.7. The summed E-state index contributed by atoms with van der Waals surface area (Å²) in [5.41, 5.74) is 0. The van der Waals surface area contributed by atoms with Gasteiger partial charge in [-0.2, -0.15) is 0 Å². The molecule has 0 fully saturated rings. The number of carboxylic acid groups (broad SMARTS) is 1. The number of ketones is 1. The van der Waals surface area contributed by atoms with Crippen LogP contribution in [0.5, 0.6) is 0 Å². The molecule has 0 heterocycles. The monoisotopic (exact) mass is 284 g/mol. The molecule has 0 aliphatic heterocycles. The van der Waals surface area contributed by atoms with E-state index < -0.39 is 5.97 Å². The molecule has 0 atom stereocenters. The molecule has 116 valence electrons. The number of hydrogen-bond donors (Lipinski definition) is 1. The van der Waals surface area contributed by atoms with E-state index in [0.29, 0.717) is 19.1 Å². The van der Waals surface area contributed by atoms with Gasteiger partial charge in [0, 0.05) is 12.8 Å². The molecule has 0 radical (unpaired) electrons. The van der Waals surface area contributed by atoms with Crippen LogP contribution in [0.2, 0.25) is 0 Å². The Kier molecular flexibility index (Phi) is 13.4. The van der Waals surface area contributed by atoms with Crippen molar-refractivity contribution in [1.82, 2.24) is 0 Å². The quantitative estimate of drug-likeness (QED) is 0.281. The van der Waals surface area contributed by atoms with Crippen LogP contribution >= 0.6 is 0 Å². The molecule has 0 bridgehead atoms. The van der Waals surface area contributed by atoms with Crippen LogP contribution in [-0.2, 0) is 14.4 Å². The fourth-order valence-corrected chi connectivity index (χ4v) is 2.23. The van der Waals surface area contributed by atoms with Crippen molar-refractivity contribution in [2.45, 2.75) is 83.5 Å². The molecule has 0 saturated carbocycles. The molecule has 0 unspecified atom stereocenters. The molecule has 4 nitrogen and oxygen atoms in total. The van der Waals surface area contributed by atoms with Gasteiger partial charge in [-0.25, -0.2) is 0 Å². The van der Waals surface area contributed by atoms with E-state index in [1.807, 2.05) is 0 Å². The zero-order valence-electron chi connectivity index (χ0n) is 12.4. The Morgan fingerprint density at radius 3 is 1.35 bits per heavy atom. The number of carbonyl (C=O) groups excluding carboxylic acids is 2. The van der Waals surface area contributed by atoms with Gasteiger partial charge < -0.3 is 5.11 Å². The number of carbonyl (C=O) groups is 3. The topological polar surface area (TPSA) is 71.4 Å². The summed E-state index contributed by atoms with van der Waals surface area (Å²) in [6.45, 7) is 0. The number of aldehydes is 1. The molecule has 0 aliphatic carbocycles. The average Bonchev–Trinajstić information content (AvgIpc) is 2.43. The molecule has 0 aromatic heterocycles. The molecular weight excluding hydrogens is 256 g/mol. The van der Waals surface area contributed by atoms with Gasteiger partial charge in [-0.1, -0.05) is 57.8 Å². The van der Waals surface area contributed by atoms with Gasteiger partial charge in [-0.15, -0.1) is 0 Å². The molecule has 0 saturated heterocycles. The highest BCUT2D eigenvalue weighted by molar-refractivity contribution is 6.24. The third-order valence-corrected chi connectivity index (χ3v) is 3.45. The highest BCUT2D eigenvalue weighted by Gasteiger charge is 1.99. The highest BCUT2D eigenvalue weighted by Crippen LogP contribution is 2.12. The summed E-state index contributed by atoms with van der Waals surface area (Å²) >= 11 is 0. The van der Waals surface area contributed by atoms with E-state index >= 15 is 0 Å². The number of aliphatic carboxylic acids is 1. The van der Waals surface area contributed by atoms with Gasteiger partial charge >= 0.3 is 5.97 Å². The number of hydrogen-bond acceptors (Lipinski definition) is 3. The van der Waals surface area contributed by atoms with Crippen molar-refractivity contribution in [1.29, 1.82) is 0 Å². The zero-order valence-corrected chi connectivity index (χ0v) is 12.4. The first-order valence-corrected chi connectivity index (χ1v) is 7.86. The van der Waals surface area contributed by atoms with Crippen LogP contribution in [0.4, 0.5) is 0 Å². The molecule has 0 amide bonds. The second-order valence-electron chi connectivity index (χ2n) is 5.37. The minimum atomic E-state index is -0.695. The summed E-state index contributed by atoms with van der Waals surface area (Å²) in [6, 6.07) is 0. The SMILES string of the molecule is O=CC(=O)CCCCCCCCCCCCCC(=O)O. The van der Waals surface area contributed by atoms with Crippen molar-refractivity contribution in [2.24, 2.45) is 0 Å². The predicted octanol–water partition coefficient (Wildman–Crippen LogP) is 3.91. The first kappa shape index (κ1) is 18.8. The maximum atomic E-state index is 10.7. The average molecular weight is 284 g/mol. The Morgan fingerprint density at radius 1 is 0.650 bits per heavy atom. The minimum Gasteiger partial charge on any atom is -0.481 e. The lowest BCUT2D eigenvalue weighted by Gasteiger charge is -2.02. The Labute approximate surface area is 121 Å². The normalized spacial score (nSPS) is 10.4. The van der Waals surface area contributed by atoms with E-state index in [0.717, 1.165) is 38.5 Å². The smallest absolute Gasteiger partial charge is 0.303 e. The Balaban J connectivity index is 3.04. The molecule has 0 spiro atoms. The first-order chi connectivity index (χ1) is 9.66. The second kappa shape index (κ2) is 14.2. The van der Waals surface area contributed by atoms with Crippen molar-refractivity contribution >= 4 is 18.0 Å². The highest BCUT2D eigenvalue weighted by atomic mass is 16.4. The molecule has 20 heavy (non-hydrogen) atoms. The minimum absolute atomic E-state index is 0.284. The third kappa shape index (κ3) is 14.9. The van der Waals surface area contributed by atoms with Crippen molar-refractivity contribution in [2.75, 3.05) is 0 Å². The maximum Gasteiger partial charge on any atom is 0.303 e. The Bertz CT molecular complexity index is 274. The lowest BCUT2D eigenvalue weighted by atomic mass is 10.0. The van der Waals surface area contributed by atoms with Crippen molar-refractivity contribution in [3.05, 3.63) is 0 Å². The fraction of sp³-hybridized carbons (Fsp3) is 0.812. The summed E-state index contributed by atoms with van der Waals surface area (Å²) in [7, 11) is 0. The van der Waals surface area contributed by atoms with E-state index in [1.54, 1.807) is 0 Å². The molecule has 0 aliphatic rings. The molecule has 0 rings (SSSR count). The first-order valence-electron chi connectivity index (χ1n) is 7.86. The van der Waals surface area contributed by atoms with Crippen molar-refractivity contribution in [3.8, 4) is 0 Å². The summed E-state index contributed by atoms with van der Waals surface area (Å²) in [5.74, 6) is -0.979. The van der Waals surface area contributed by atoms with Gasteiger partial charge in [0.05, 0.1) is 0 Å². The second-order valence-corrected chi connectivity index (χ2v) is 5.37. The van der Waals surface area contributed by atoms with Gasteiger partial charge in [-0.05, 0) is 12.8 Å². The standard InChI is InChI=1S/C16H28O4/c17-14-15(18)12-10-8-6-4-2-1-3-5-7-9-11-13-16(19)20/h14H,1-13H2,(H,19,20). The molecular formula is C16H28O4.